The van der Waals surface area contributed by atoms with Gasteiger partial charge in [0.1, 0.15) is 11.6 Å². The van der Waals surface area contributed by atoms with Gasteiger partial charge in [-0.3, -0.25) is 9.69 Å². The molecule has 2 aromatic carbocycles. The van der Waals surface area contributed by atoms with Gasteiger partial charge in [0.05, 0.1) is 27.9 Å². The summed E-state index contributed by atoms with van der Waals surface area (Å²) >= 11 is 1.19. The van der Waals surface area contributed by atoms with Crippen molar-refractivity contribution in [1.82, 2.24) is 9.29 Å². The molecule has 0 aliphatic heterocycles. The summed E-state index contributed by atoms with van der Waals surface area (Å²) in [5.41, 5.74) is 0.862. The Morgan fingerprint density at radius 1 is 1.13 bits per heavy atom. The standard InChI is InChI=1S/C21H18FN3O4S2/c1-24(2)31(27,28)17-8-5-14(6-9-17)20(26)25(13-16-4-3-11-29-16)21-23-18-10-7-15(22)12-19(18)30-21/h3-12H,13H2,1-2H3. The summed E-state index contributed by atoms with van der Waals surface area (Å²) in [6.07, 6.45) is 1.51. The average molecular weight is 460 g/mol. The Morgan fingerprint density at radius 2 is 1.87 bits per heavy atom. The predicted octanol–water partition coefficient (Wildman–Crippen LogP) is 4.13. The molecule has 0 aliphatic rings. The summed E-state index contributed by atoms with van der Waals surface area (Å²) in [6, 6.07) is 13.4. The molecule has 31 heavy (non-hydrogen) atoms. The topological polar surface area (TPSA) is 83.7 Å². The molecule has 0 fully saturated rings. The van der Waals surface area contributed by atoms with Crippen molar-refractivity contribution in [1.29, 1.82) is 0 Å². The van der Waals surface area contributed by atoms with Crippen LogP contribution in [0.2, 0.25) is 0 Å². The maximum absolute atomic E-state index is 13.6. The van der Waals surface area contributed by atoms with Gasteiger partial charge < -0.3 is 4.42 Å². The van der Waals surface area contributed by atoms with Crippen LogP contribution in [-0.4, -0.2) is 37.7 Å². The molecular formula is C21H18FN3O4S2. The molecule has 10 heteroatoms. The van der Waals surface area contributed by atoms with E-state index in [-0.39, 0.29) is 28.7 Å². The summed E-state index contributed by atoms with van der Waals surface area (Å²) in [6.45, 7) is 0.117. The Bertz CT molecular complexity index is 1330. The smallest absolute Gasteiger partial charge is 0.260 e. The molecule has 0 spiro atoms. The second kappa shape index (κ2) is 8.22. The van der Waals surface area contributed by atoms with Crippen LogP contribution in [0.15, 0.2) is 70.2 Å². The van der Waals surface area contributed by atoms with Crippen LogP contribution in [0.1, 0.15) is 16.1 Å². The first-order chi connectivity index (χ1) is 14.8. The number of hydrogen-bond donors (Lipinski definition) is 0. The van der Waals surface area contributed by atoms with E-state index in [0.717, 1.165) is 4.31 Å². The molecule has 2 heterocycles. The van der Waals surface area contributed by atoms with Gasteiger partial charge >= 0.3 is 0 Å². The van der Waals surface area contributed by atoms with Crippen LogP contribution < -0.4 is 4.90 Å². The van der Waals surface area contributed by atoms with Crippen molar-refractivity contribution in [2.75, 3.05) is 19.0 Å². The maximum atomic E-state index is 13.6. The second-order valence-corrected chi connectivity index (χ2v) is 10.1. The van der Waals surface area contributed by atoms with Crippen molar-refractivity contribution < 1.29 is 22.0 Å². The third-order valence-electron chi connectivity index (χ3n) is 4.59. The lowest BCUT2D eigenvalue weighted by Gasteiger charge is -2.19. The number of halogens is 1. The van der Waals surface area contributed by atoms with Crippen molar-refractivity contribution in [3.05, 3.63) is 78.0 Å². The first-order valence-corrected chi connectivity index (χ1v) is 11.4. The third kappa shape index (κ3) is 4.22. The number of carbonyl (C=O) groups excluding carboxylic acids is 1. The number of benzene rings is 2. The number of rotatable bonds is 6. The van der Waals surface area contributed by atoms with Crippen LogP contribution in [-0.2, 0) is 16.6 Å². The fraction of sp³-hybridized carbons (Fsp3) is 0.143. The minimum Gasteiger partial charge on any atom is -0.467 e. The van der Waals surface area contributed by atoms with Crippen LogP contribution in [0.5, 0.6) is 0 Å². The number of thiazole rings is 1. The van der Waals surface area contributed by atoms with Crippen molar-refractivity contribution in [2.24, 2.45) is 0 Å². The molecule has 0 bridgehead atoms. The van der Waals surface area contributed by atoms with Crippen molar-refractivity contribution >= 4 is 42.6 Å². The number of anilines is 1. The third-order valence-corrected chi connectivity index (χ3v) is 7.46. The number of carbonyl (C=O) groups is 1. The first kappa shape index (κ1) is 21.2. The summed E-state index contributed by atoms with van der Waals surface area (Å²) in [7, 11) is -0.727. The van der Waals surface area contributed by atoms with Gasteiger partial charge in [0.15, 0.2) is 5.13 Å². The molecule has 0 aliphatic carbocycles. The molecule has 160 valence electrons. The van der Waals surface area contributed by atoms with Gasteiger partial charge in [0, 0.05) is 19.7 Å². The van der Waals surface area contributed by atoms with Gasteiger partial charge in [-0.25, -0.2) is 22.1 Å². The van der Waals surface area contributed by atoms with Gasteiger partial charge in [-0.1, -0.05) is 11.3 Å². The fourth-order valence-electron chi connectivity index (χ4n) is 2.92. The normalized spacial score (nSPS) is 11.9. The van der Waals surface area contributed by atoms with Crippen molar-refractivity contribution in [3.63, 3.8) is 0 Å². The molecule has 0 radical (unpaired) electrons. The Labute approximate surface area is 182 Å². The molecule has 0 saturated carbocycles. The van der Waals surface area contributed by atoms with Crippen LogP contribution >= 0.6 is 11.3 Å². The van der Waals surface area contributed by atoms with E-state index in [2.05, 4.69) is 4.98 Å². The molecule has 4 rings (SSSR count). The summed E-state index contributed by atoms with van der Waals surface area (Å²) in [5.74, 6) is -0.223. The van der Waals surface area contributed by atoms with Gasteiger partial charge in [0.2, 0.25) is 10.0 Å². The Morgan fingerprint density at radius 3 is 2.52 bits per heavy atom. The summed E-state index contributed by atoms with van der Waals surface area (Å²) in [5, 5.41) is 0.381. The number of amides is 1. The van der Waals surface area contributed by atoms with Crippen LogP contribution in [0.4, 0.5) is 9.52 Å². The first-order valence-electron chi connectivity index (χ1n) is 9.18. The molecule has 1 amide bonds. The zero-order chi connectivity index (χ0) is 22.2. The molecule has 4 aromatic rings. The Balaban J connectivity index is 1.71. The second-order valence-electron chi connectivity index (χ2n) is 6.89. The summed E-state index contributed by atoms with van der Waals surface area (Å²) in [4.78, 5) is 19.3. The van der Waals surface area contributed by atoms with Crippen LogP contribution in [0.25, 0.3) is 10.2 Å². The molecule has 7 nitrogen and oxygen atoms in total. The van der Waals surface area contributed by atoms with E-state index in [1.165, 1.54) is 73.0 Å². The zero-order valence-electron chi connectivity index (χ0n) is 16.6. The van der Waals surface area contributed by atoms with Crippen LogP contribution in [0.3, 0.4) is 0 Å². The number of furan rings is 1. The van der Waals surface area contributed by atoms with Gasteiger partial charge in [0.25, 0.3) is 5.91 Å². The van der Waals surface area contributed by atoms with E-state index in [1.54, 1.807) is 18.2 Å². The van der Waals surface area contributed by atoms with E-state index in [4.69, 9.17) is 4.42 Å². The van der Waals surface area contributed by atoms with E-state index in [0.29, 0.717) is 21.1 Å². The van der Waals surface area contributed by atoms with Crippen LogP contribution in [0, 0.1) is 5.82 Å². The molecular weight excluding hydrogens is 441 g/mol. The minimum atomic E-state index is -3.61. The number of hydrogen-bond acceptors (Lipinski definition) is 6. The number of nitrogens with zero attached hydrogens (tertiary/aromatic N) is 3. The Kier molecular flexibility index (Phi) is 5.61. The summed E-state index contributed by atoms with van der Waals surface area (Å²) < 4.78 is 45.3. The van der Waals surface area contributed by atoms with Crippen molar-refractivity contribution in [3.8, 4) is 0 Å². The lowest BCUT2D eigenvalue weighted by molar-refractivity contribution is 0.0983. The van der Waals surface area contributed by atoms with Gasteiger partial charge in [-0.2, -0.15) is 0 Å². The van der Waals surface area contributed by atoms with Gasteiger partial charge in [-0.15, -0.1) is 0 Å². The highest BCUT2D eigenvalue weighted by Crippen LogP contribution is 2.31. The van der Waals surface area contributed by atoms with E-state index < -0.39 is 10.0 Å². The highest BCUT2D eigenvalue weighted by atomic mass is 32.2. The predicted molar refractivity (Wildman–Crippen MR) is 116 cm³/mol. The lowest BCUT2D eigenvalue weighted by atomic mass is 10.2. The Hall–Kier alpha value is -3.08. The van der Waals surface area contributed by atoms with Gasteiger partial charge in [-0.05, 0) is 54.6 Å². The highest BCUT2D eigenvalue weighted by molar-refractivity contribution is 7.89. The SMILES string of the molecule is CN(C)S(=O)(=O)c1ccc(C(=O)N(Cc2ccco2)c2nc3ccc(F)cc3s2)cc1. The average Bonchev–Trinajstić information content (AvgIpc) is 3.40. The molecule has 2 aromatic heterocycles. The minimum absolute atomic E-state index is 0.0853. The maximum Gasteiger partial charge on any atom is 0.260 e. The molecule has 0 atom stereocenters. The lowest BCUT2D eigenvalue weighted by Crippen LogP contribution is -2.30. The quantitative estimate of drug-likeness (QED) is 0.433. The fourth-order valence-corrected chi connectivity index (χ4v) is 4.81. The highest BCUT2D eigenvalue weighted by Gasteiger charge is 2.24. The van der Waals surface area contributed by atoms with E-state index in [9.17, 15) is 17.6 Å². The largest absolute Gasteiger partial charge is 0.467 e. The molecule has 0 unspecified atom stereocenters. The van der Waals surface area contributed by atoms with E-state index >= 15 is 0 Å². The van der Waals surface area contributed by atoms with E-state index in [1.807, 2.05) is 0 Å². The number of fused-ring (bicyclic) bond motifs is 1. The molecule has 0 saturated heterocycles. The zero-order valence-corrected chi connectivity index (χ0v) is 18.3. The van der Waals surface area contributed by atoms with Crippen molar-refractivity contribution in [2.45, 2.75) is 11.4 Å². The number of sulfonamides is 1. The molecule has 0 N–H and O–H groups in total. The monoisotopic (exact) mass is 459 g/mol. The number of aromatic nitrogens is 1.